The third-order valence-electron chi connectivity index (χ3n) is 6.09. The Hall–Kier alpha value is -1.16. The van der Waals surface area contributed by atoms with Gasteiger partial charge in [-0.25, -0.2) is 5.43 Å². The molecule has 1 N–H and O–H groups in total. The molecule has 5 rings (SSSR count). The van der Waals surface area contributed by atoms with Gasteiger partial charge in [0, 0.05) is 4.47 Å². The minimum Gasteiger partial charge on any atom is -0.273 e. The number of halogens is 1. The van der Waals surface area contributed by atoms with Crippen molar-refractivity contribution in [1.82, 2.24) is 5.43 Å². The molecule has 1 aromatic carbocycles. The molecule has 1 aromatic rings. The normalized spacial score (nSPS) is 35.4. The number of carbonyl (C=O) groups excluding carboxylic acids is 1. The Balaban J connectivity index is 1.49. The SMILES string of the molecule is C/C(=N\NC(=O)C12CC3CC(CC(C3)C1)C2)c1cccc(Br)c1. The van der Waals surface area contributed by atoms with Crippen molar-refractivity contribution < 1.29 is 4.79 Å². The summed E-state index contributed by atoms with van der Waals surface area (Å²) in [5.74, 6) is 2.50. The maximum Gasteiger partial charge on any atom is 0.246 e. The lowest BCUT2D eigenvalue weighted by Crippen LogP contribution is -2.52. The van der Waals surface area contributed by atoms with Gasteiger partial charge in [-0.1, -0.05) is 28.1 Å². The largest absolute Gasteiger partial charge is 0.273 e. The van der Waals surface area contributed by atoms with Crippen LogP contribution < -0.4 is 5.43 Å². The number of hydrogen-bond donors (Lipinski definition) is 1. The van der Waals surface area contributed by atoms with Crippen LogP contribution in [0.5, 0.6) is 0 Å². The van der Waals surface area contributed by atoms with E-state index in [1.54, 1.807) is 0 Å². The summed E-state index contributed by atoms with van der Waals surface area (Å²) in [4.78, 5) is 12.9. The molecule has 0 unspecified atom stereocenters. The monoisotopic (exact) mass is 374 g/mol. The Morgan fingerprint density at radius 1 is 1.17 bits per heavy atom. The van der Waals surface area contributed by atoms with Crippen LogP contribution in [0.4, 0.5) is 0 Å². The first-order valence-electron chi connectivity index (χ1n) is 8.65. The minimum atomic E-state index is -0.129. The molecule has 23 heavy (non-hydrogen) atoms. The van der Waals surface area contributed by atoms with Gasteiger partial charge in [0.05, 0.1) is 11.1 Å². The maximum atomic E-state index is 12.9. The standard InChI is InChI=1S/C19H23BrN2O/c1-12(16-3-2-4-17(20)8-16)21-22-18(23)19-9-13-5-14(10-19)7-15(6-13)11-19/h2-4,8,13-15H,5-7,9-11H2,1H3,(H,22,23)/b21-12+. The Kier molecular flexibility index (Phi) is 3.83. The van der Waals surface area contributed by atoms with Gasteiger partial charge in [-0.3, -0.25) is 4.79 Å². The van der Waals surface area contributed by atoms with E-state index in [2.05, 4.69) is 26.5 Å². The van der Waals surface area contributed by atoms with E-state index in [4.69, 9.17) is 0 Å². The highest BCUT2D eigenvalue weighted by Gasteiger charge is 2.54. The summed E-state index contributed by atoms with van der Waals surface area (Å²) in [6.07, 6.45) is 7.30. The molecule has 4 bridgehead atoms. The second-order valence-electron chi connectivity index (χ2n) is 7.85. The lowest BCUT2D eigenvalue weighted by molar-refractivity contribution is -0.146. The van der Waals surface area contributed by atoms with E-state index in [1.165, 1.54) is 19.3 Å². The Labute approximate surface area is 146 Å². The third kappa shape index (κ3) is 2.86. The third-order valence-corrected chi connectivity index (χ3v) is 6.58. The van der Waals surface area contributed by atoms with E-state index in [-0.39, 0.29) is 11.3 Å². The van der Waals surface area contributed by atoms with Gasteiger partial charge >= 0.3 is 0 Å². The molecule has 1 amide bonds. The number of amides is 1. The predicted octanol–water partition coefficient (Wildman–Crippen LogP) is 4.51. The molecule has 4 aliphatic carbocycles. The number of rotatable bonds is 3. The number of benzene rings is 1. The summed E-state index contributed by atoms with van der Waals surface area (Å²) < 4.78 is 1.02. The number of hydrazone groups is 1. The highest BCUT2D eigenvalue weighted by molar-refractivity contribution is 9.10. The first-order chi connectivity index (χ1) is 11.0. The van der Waals surface area contributed by atoms with Gasteiger partial charge < -0.3 is 0 Å². The molecule has 0 spiro atoms. The van der Waals surface area contributed by atoms with Crippen LogP contribution in [0.2, 0.25) is 0 Å². The lowest BCUT2D eigenvalue weighted by atomic mass is 9.49. The van der Waals surface area contributed by atoms with Gasteiger partial charge in [0.1, 0.15) is 0 Å². The van der Waals surface area contributed by atoms with E-state index < -0.39 is 0 Å². The fourth-order valence-electron chi connectivity index (χ4n) is 5.42. The van der Waals surface area contributed by atoms with E-state index in [0.717, 1.165) is 52.8 Å². The smallest absolute Gasteiger partial charge is 0.246 e. The van der Waals surface area contributed by atoms with Crippen LogP contribution in [0.15, 0.2) is 33.8 Å². The van der Waals surface area contributed by atoms with Crippen molar-refractivity contribution in [2.75, 3.05) is 0 Å². The molecule has 0 radical (unpaired) electrons. The molecular formula is C19H23BrN2O. The summed E-state index contributed by atoms with van der Waals surface area (Å²) in [6, 6.07) is 8.01. The lowest BCUT2D eigenvalue weighted by Gasteiger charge is -2.55. The van der Waals surface area contributed by atoms with Gasteiger partial charge in [-0.15, -0.1) is 0 Å². The molecule has 0 heterocycles. The molecule has 4 heteroatoms. The van der Waals surface area contributed by atoms with Gasteiger partial charge in [0.2, 0.25) is 5.91 Å². The topological polar surface area (TPSA) is 41.5 Å². The maximum absolute atomic E-state index is 12.9. The van der Waals surface area contributed by atoms with Crippen molar-refractivity contribution in [2.45, 2.75) is 45.4 Å². The molecule has 0 aromatic heterocycles. The Bertz CT molecular complexity index is 632. The second kappa shape index (κ2) is 5.73. The van der Waals surface area contributed by atoms with Crippen LogP contribution in [-0.4, -0.2) is 11.6 Å². The van der Waals surface area contributed by atoms with Crippen LogP contribution in [-0.2, 0) is 4.79 Å². The van der Waals surface area contributed by atoms with Gasteiger partial charge in [-0.05, 0) is 80.9 Å². The van der Waals surface area contributed by atoms with E-state index in [0.29, 0.717) is 0 Å². The average Bonchev–Trinajstić information content (AvgIpc) is 2.51. The molecule has 122 valence electrons. The molecule has 4 aliphatic rings. The second-order valence-corrected chi connectivity index (χ2v) is 8.76. The highest BCUT2D eigenvalue weighted by atomic mass is 79.9. The van der Waals surface area contributed by atoms with Crippen LogP contribution in [0.25, 0.3) is 0 Å². The highest BCUT2D eigenvalue weighted by Crippen LogP contribution is 2.60. The minimum absolute atomic E-state index is 0.129. The molecule has 0 saturated heterocycles. The summed E-state index contributed by atoms with van der Waals surface area (Å²) in [6.45, 7) is 1.95. The van der Waals surface area contributed by atoms with Crippen molar-refractivity contribution >= 4 is 27.5 Å². The van der Waals surface area contributed by atoms with Crippen molar-refractivity contribution in [3.63, 3.8) is 0 Å². The van der Waals surface area contributed by atoms with Crippen molar-refractivity contribution in [3.8, 4) is 0 Å². The zero-order chi connectivity index (χ0) is 16.0. The van der Waals surface area contributed by atoms with E-state index in [9.17, 15) is 4.79 Å². The zero-order valence-electron chi connectivity index (χ0n) is 13.5. The number of nitrogens with one attached hydrogen (secondary N) is 1. The first kappa shape index (κ1) is 15.4. The van der Waals surface area contributed by atoms with Crippen LogP contribution in [0.1, 0.15) is 51.0 Å². The van der Waals surface area contributed by atoms with Crippen molar-refractivity contribution in [1.29, 1.82) is 0 Å². The van der Waals surface area contributed by atoms with Crippen LogP contribution in [0.3, 0.4) is 0 Å². The molecule has 0 aliphatic heterocycles. The van der Waals surface area contributed by atoms with Crippen LogP contribution in [0, 0.1) is 23.2 Å². The summed E-state index contributed by atoms with van der Waals surface area (Å²) in [7, 11) is 0. The molecule has 3 nitrogen and oxygen atoms in total. The quantitative estimate of drug-likeness (QED) is 0.613. The summed E-state index contributed by atoms with van der Waals surface area (Å²) in [5, 5.41) is 4.39. The number of hydrogen-bond acceptors (Lipinski definition) is 2. The number of carbonyl (C=O) groups is 1. The van der Waals surface area contributed by atoms with Gasteiger partial charge in [0.25, 0.3) is 0 Å². The van der Waals surface area contributed by atoms with E-state index >= 15 is 0 Å². The summed E-state index contributed by atoms with van der Waals surface area (Å²) in [5.41, 5.74) is 4.65. The first-order valence-corrected chi connectivity index (χ1v) is 9.44. The summed E-state index contributed by atoms with van der Waals surface area (Å²) >= 11 is 3.48. The average molecular weight is 375 g/mol. The van der Waals surface area contributed by atoms with Crippen molar-refractivity contribution in [3.05, 3.63) is 34.3 Å². The van der Waals surface area contributed by atoms with Gasteiger partial charge in [-0.2, -0.15) is 5.10 Å². The Morgan fingerprint density at radius 3 is 2.35 bits per heavy atom. The zero-order valence-corrected chi connectivity index (χ0v) is 15.1. The van der Waals surface area contributed by atoms with E-state index in [1.807, 2.05) is 31.2 Å². The molecule has 4 saturated carbocycles. The van der Waals surface area contributed by atoms with Crippen LogP contribution >= 0.6 is 15.9 Å². The fraction of sp³-hybridized carbons (Fsp3) is 0.579. The fourth-order valence-corrected chi connectivity index (χ4v) is 5.82. The number of nitrogens with zero attached hydrogens (tertiary/aromatic N) is 1. The van der Waals surface area contributed by atoms with Gasteiger partial charge in [0.15, 0.2) is 0 Å². The molecule has 0 atom stereocenters. The molecular weight excluding hydrogens is 352 g/mol. The molecule has 4 fully saturated rings. The Morgan fingerprint density at radius 2 is 1.78 bits per heavy atom. The predicted molar refractivity (Wildman–Crippen MR) is 95.1 cm³/mol. The van der Waals surface area contributed by atoms with Crippen molar-refractivity contribution in [2.24, 2.45) is 28.3 Å².